The molecule has 23 heavy (non-hydrogen) atoms. The molecular formula is C18H20N2O3. The molecule has 0 aliphatic heterocycles. The summed E-state index contributed by atoms with van der Waals surface area (Å²) in [5.41, 5.74) is 1.90. The maximum atomic E-state index is 12.3. The molecule has 0 bridgehead atoms. The number of hydrogen-bond donors (Lipinski definition) is 1. The van der Waals surface area contributed by atoms with Crippen molar-refractivity contribution in [1.82, 2.24) is 9.88 Å². The highest BCUT2D eigenvalue weighted by Crippen LogP contribution is 2.32. The van der Waals surface area contributed by atoms with Crippen molar-refractivity contribution >= 4 is 5.91 Å². The normalized spacial score (nSPS) is 15.2. The molecule has 1 amide bonds. The van der Waals surface area contributed by atoms with Gasteiger partial charge in [0.15, 0.2) is 0 Å². The lowest BCUT2D eigenvalue weighted by atomic mass is 10.00. The number of carbonyl (C=O) groups excluding carboxylic acids is 1. The summed E-state index contributed by atoms with van der Waals surface area (Å²) in [5, 5.41) is 2.86. The number of pyridine rings is 1. The Hall–Kier alpha value is -2.40. The molecular weight excluding hydrogens is 292 g/mol. The number of nitrogens with one attached hydrogen (secondary N) is 1. The van der Waals surface area contributed by atoms with E-state index in [0.29, 0.717) is 6.54 Å². The summed E-state index contributed by atoms with van der Waals surface area (Å²) in [6.45, 7) is 0.370. The van der Waals surface area contributed by atoms with Crippen LogP contribution in [-0.4, -0.2) is 29.7 Å². The van der Waals surface area contributed by atoms with Gasteiger partial charge in [-0.15, -0.1) is 0 Å². The van der Waals surface area contributed by atoms with Gasteiger partial charge in [0.25, 0.3) is 11.5 Å². The van der Waals surface area contributed by atoms with Crippen LogP contribution < -0.4 is 10.9 Å². The van der Waals surface area contributed by atoms with E-state index >= 15 is 0 Å². The Bertz CT molecular complexity index is 770. The number of aromatic nitrogens is 1. The lowest BCUT2D eigenvalue weighted by Gasteiger charge is -2.27. The molecule has 0 saturated carbocycles. The minimum absolute atomic E-state index is 0.150. The summed E-state index contributed by atoms with van der Waals surface area (Å²) < 4.78 is 7.12. The van der Waals surface area contributed by atoms with E-state index in [1.807, 2.05) is 12.1 Å². The molecule has 1 aromatic heterocycles. The van der Waals surface area contributed by atoms with Crippen LogP contribution >= 0.6 is 0 Å². The molecule has 3 rings (SSSR count). The van der Waals surface area contributed by atoms with Gasteiger partial charge in [0, 0.05) is 39.7 Å². The average Bonchev–Trinajstić information content (AvgIpc) is 2.94. The van der Waals surface area contributed by atoms with Crippen molar-refractivity contribution in [3.63, 3.8) is 0 Å². The SMILES string of the molecule is COC1(CNC(=O)c2cccn(C)c2=O)Cc2ccccc2C1. The Morgan fingerprint density at radius 2 is 1.87 bits per heavy atom. The highest BCUT2D eigenvalue weighted by atomic mass is 16.5. The van der Waals surface area contributed by atoms with Gasteiger partial charge in [0.05, 0.1) is 5.60 Å². The Morgan fingerprint density at radius 1 is 1.22 bits per heavy atom. The number of fused-ring (bicyclic) bond motifs is 1. The lowest BCUT2D eigenvalue weighted by molar-refractivity contribution is 0.000160. The monoisotopic (exact) mass is 312 g/mol. The Kier molecular flexibility index (Phi) is 4.05. The number of aryl methyl sites for hydroxylation is 1. The molecule has 120 valence electrons. The van der Waals surface area contributed by atoms with E-state index in [1.54, 1.807) is 32.5 Å². The van der Waals surface area contributed by atoms with Crippen molar-refractivity contribution in [2.75, 3.05) is 13.7 Å². The van der Waals surface area contributed by atoms with Crippen molar-refractivity contribution in [3.05, 3.63) is 69.6 Å². The Labute approximate surface area is 134 Å². The third-order valence-electron chi connectivity index (χ3n) is 4.52. The minimum atomic E-state index is -0.445. The van der Waals surface area contributed by atoms with Gasteiger partial charge in [0.2, 0.25) is 0 Å². The van der Waals surface area contributed by atoms with E-state index in [2.05, 4.69) is 17.4 Å². The summed E-state index contributed by atoms with van der Waals surface area (Å²) in [4.78, 5) is 24.3. The van der Waals surface area contributed by atoms with Crippen LogP contribution in [-0.2, 0) is 24.6 Å². The van der Waals surface area contributed by atoms with Gasteiger partial charge in [-0.3, -0.25) is 9.59 Å². The van der Waals surface area contributed by atoms with Crippen molar-refractivity contribution < 1.29 is 9.53 Å². The van der Waals surface area contributed by atoms with E-state index in [9.17, 15) is 9.59 Å². The zero-order chi connectivity index (χ0) is 16.4. The number of nitrogens with zero attached hydrogens (tertiary/aromatic N) is 1. The molecule has 1 aliphatic rings. The third kappa shape index (κ3) is 2.92. The van der Waals surface area contributed by atoms with Gasteiger partial charge in [-0.25, -0.2) is 0 Å². The van der Waals surface area contributed by atoms with Crippen LogP contribution in [0.25, 0.3) is 0 Å². The summed E-state index contributed by atoms with van der Waals surface area (Å²) in [7, 11) is 3.29. The molecule has 0 radical (unpaired) electrons. The van der Waals surface area contributed by atoms with E-state index in [1.165, 1.54) is 15.7 Å². The number of amides is 1. The fourth-order valence-electron chi connectivity index (χ4n) is 3.11. The molecule has 0 atom stereocenters. The Morgan fingerprint density at radius 3 is 2.48 bits per heavy atom. The second-order valence-electron chi connectivity index (χ2n) is 6.03. The second-order valence-corrected chi connectivity index (χ2v) is 6.03. The number of rotatable bonds is 4. The maximum Gasteiger partial charge on any atom is 0.263 e. The first-order valence-electron chi connectivity index (χ1n) is 7.60. The molecule has 1 N–H and O–H groups in total. The molecule has 1 aromatic carbocycles. The van der Waals surface area contributed by atoms with Gasteiger partial charge in [-0.1, -0.05) is 24.3 Å². The summed E-state index contributed by atoms with van der Waals surface area (Å²) in [5.74, 6) is -0.362. The maximum absolute atomic E-state index is 12.3. The fraction of sp³-hybridized carbons (Fsp3) is 0.333. The zero-order valence-corrected chi connectivity index (χ0v) is 13.3. The largest absolute Gasteiger partial charge is 0.376 e. The fourth-order valence-corrected chi connectivity index (χ4v) is 3.11. The van der Waals surface area contributed by atoms with Crippen molar-refractivity contribution in [3.8, 4) is 0 Å². The van der Waals surface area contributed by atoms with Crippen molar-refractivity contribution in [2.45, 2.75) is 18.4 Å². The standard InChI is InChI=1S/C18H20N2O3/c1-20-9-5-8-15(17(20)22)16(21)19-12-18(23-2)10-13-6-3-4-7-14(13)11-18/h3-9H,10-12H2,1-2H3,(H,19,21). The van der Waals surface area contributed by atoms with Crippen LogP contribution in [0.15, 0.2) is 47.4 Å². The smallest absolute Gasteiger partial charge is 0.263 e. The predicted octanol–water partition coefficient (Wildman–Crippen LogP) is 1.30. The van der Waals surface area contributed by atoms with E-state index in [0.717, 1.165) is 12.8 Å². The summed E-state index contributed by atoms with van der Waals surface area (Å²) in [6, 6.07) is 11.4. The highest BCUT2D eigenvalue weighted by molar-refractivity contribution is 5.93. The van der Waals surface area contributed by atoms with Crippen LogP contribution in [0.3, 0.4) is 0 Å². The molecule has 5 heteroatoms. The number of hydrogen-bond acceptors (Lipinski definition) is 3. The number of methoxy groups -OCH3 is 1. The molecule has 1 heterocycles. The van der Waals surface area contributed by atoms with Gasteiger partial charge in [0.1, 0.15) is 5.56 Å². The van der Waals surface area contributed by atoms with Crippen LogP contribution in [0, 0.1) is 0 Å². The van der Waals surface area contributed by atoms with Crippen LogP contribution in [0.4, 0.5) is 0 Å². The van der Waals surface area contributed by atoms with Gasteiger partial charge in [-0.2, -0.15) is 0 Å². The molecule has 5 nitrogen and oxygen atoms in total. The minimum Gasteiger partial charge on any atom is -0.376 e. The van der Waals surface area contributed by atoms with E-state index in [4.69, 9.17) is 4.74 Å². The molecule has 1 aliphatic carbocycles. The average molecular weight is 312 g/mol. The number of benzene rings is 1. The molecule has 2 aromatic rings. The van der Waals surface area contributed by atoms with E-state index < -0.39 is 5.60 Å². The van der Waals surface area contributed by atoms with Gasteiger partial charge < -0.3 is 14.6 Å². The first kappa shape index (κ1) is 15.5. The molecule has 0 spiro atoms. The molecule has 0 saturated heterocycles. The van der Waals surface area contributed by atoms with Crippen molar-refractivity contribution in [2.24, 2.45) is 7.05 Å². The first-order valence-corrected chi connectivity index (χ1v) is 7.60. The third-order valence-corrected chi connectivity index (χ3v) is 4.52. The van der Waals surface area contributed by atoms with Crippen LogP contribution in [0.1, 0.15) is 21.5 Å². The lowest BCUT2D eigenvalue weighted by Crippen LogP contribution is -2.46. The first-order chi connectivity index (χ1) is 11.0. The van der Waals surface area contributed by atoms with Gasteiger partial charge >= 0.3 is 0 Å². The van der Waals surface area contributed by atoms with Crippen LogP contribution in [0.5, 0.6) is 0 Å². The number of ether oxygens (including phenoxy) is 1. The predicted molar refractivity (Wildman–Crippen MR) is 87.6 cm³/mol. The second kappa shape index (κ2) is 6.01. The summed E-state index contributed by atoms with van der Waals surface area (Å²) >= 11 is 0. The van der Waals surface area contributed by atoms with E-state index in [-0.39, 0.29) is 17.0 Å². The highest BCUT2D eigenvalue weighted by Gasteiger charge is 2.37. The van der Waals surface area contributed by atoms with Crippen molar-refractivity contribution in [1.29, 1.82) is 0 Å². The molecule has 0 fully saturated rings. The topological polar surface area (TPSA) is 60.3 Å². The number of carbonyl (C=O) groups is 1. The zero-order valence-electron chi connectivity index (χ0n) is 13.3. The molecule has 0 unspecified atom stereocenters. The Balaban J connectivity index is 1.74. The summed E-state index contributed by atoms with van der Waals surface area (Å²) in [6.07, 6.45) is 3.14. The van der Waals surface area contributed by atoms with Crippen LogP contribution in [0.2, 0.25) is 0 Å². The quantitative estimate of drug-likeness (QED) is 0.926. The van der Waals surface area contributed by atoms with Gasteiger partial charge in [-0.05, 0) is 23.3 Å².